The van der Waals surface area contributed by atoms with Crippen molar-refractivity contribution in [1.82, 2.24) is 5.32 Å². The van der Waals surface area contributed by atoms with Crippen molar-refractivity contribution in [1.29, 1.82) is 0 Å². The third-order valence-corrected chi connectivity index (χ3v) is 4.08. The van der Waals surface area contributed by atoms with Gasteiger partial charge in [-0.2, -0.15) is 0 Å². The molecule has 0 bridgehead atoms. The van der Waals surface area contributed by atoms with Gasteiger partial charge in [-0.15, -0.1) is 0 Å². The first-order valence-corrected chi connectivity index (χ1v) is 9.11. The van der Waals surface area contributed by atoms with E-state index in [9.17, 15) is 4.79 Å². The highest BCUT2D eigenvalue weighted by atomic mass is 16.7. The minimum atomic E-state index is -0.151. The zero-order chi connectivity index (χ0) is 19.2. The molecule has 0 saturated heterocycles. The Labute approximate surface area is 159 Å². The lowest BCUT2D eigenvalue weighted by Crippen LogP contribution is -2.23. The van der Waals surface area contributed by atoms with E-state index in [4.69, 9.17) is 18.9 Å². The van der Waals surface area contributed by atoms with Gasteiger partial charge in [-0.25, -0.2) is 0 Å². The first-order chi connectivity index (χ1) is 13.1. The number of benzene rings is 2. The number of nitrogens with one attached hydrogen (secondary N) is 1. The molecule has 0 saturated carbocycles. The number of hydrogen-bond donors (Lipinski definition) is 1. The molecule has 1 amide bonds. The molecule has 3 rings (SSSR count). The lowest BCUT2D eigenvalue weighted by molar-refractivity contribution is 0.0641. The van der Waals surface area contributed by atoms with Crippen molar-refractivity contribution >= 4 is 5.91 Å². The summed E-state index contributed by atoms with van der Waals surface area (Å²) in [6.45, 7) is 7.48. The lowest BCUT2D eigenvalue weighted by Gasteiger charge is -2.14. The molecular weight excluding hydrogens is 346 g/mol. The molecule has 2 aromatic carbocycles. The monoisotopic (exact) mass is 371 g/mol. The summed E-state index contributed by atoms with van der Waals surface area (Å²) in [5, 5.41) is 2.93. The number of carbonyl (C=O) groups excluding carboxylic acids is 1. The van der Waals surface area contributed by atoms with Crippen LogP contribution in [-0.2, 0) is 17.9 Å². The van der Waals surface area contributed by atoms with Crippen LogP contribution in [0.2, 0.25) is 0 Å². The summed E-state index contributed by atoms with van der Waals surface area (Å²) in [5.41, 5.74) is 2.38. The van der Waals surface area contributed by atoms with Gasteiger partial charge in [-0.05, 0) is 56.7 Å². The Balaban J connectivity index is 1.67. The summed E-state index contributed by atoms with van der Waals surface area (Å²) in [7, 11) is 0. The van der Waals surface area contributed by atoms with Crippen molar-refractivity contribution in [2.75, 3.05) is 13.4 Å². The van der Waals surface area contributed by atoms with Crippen molar-refractivity contribution in [3.05, 3.63) is 53.1 Å². The van der Waals surface area contributed by atoms with Gasteiger partial charge in [0.2, 0.25) is 6.79 Å². The quantitative estimate of drug-likeness (QED) is 0.767. The lowest BCUT2D eigenvalue weighted by atomic mass is 10.1. The van der Waals surface area contributed by atoms with Gasteiger partial charge in [0.15, 0.2) is 11.5 Å². The highest BCUT2D eigenvalue weighted by Gasteiger charge is 2.15. The van der Waals surface area contributed by atoms with Crippen molar-refractivity contribution in [2.24, 2.45) is 0 Å². The number of hydrogen-bond acceptors (Lipinski definition) is 5. The van der Waals surface area contributed by atoms with E-state index in [1.54, 1.807) is 6.07 Å². The van der Waals surface area contributed by atoms with E-state index in [0.29, 0.717) is 31.1 Å². The second-order valence-electron chi connectivity index (χ2n) is 6.49. The summed E-state index contributed by atoms with van der Waals surface area (Å²) in [4.78, 5) is 12.6. The van der Waals surface area contributed by atoms with Crippen molar-refractivity contribution in [3.63, 3.8) is 0 Å². The summed E-state index contributed by atoms with van der Waals surface area (Å²) in [6.07, 6.45) is 0.1000. The van der Waals surface area contributed by atoms with Crippen molar-refractivity contribution in [2.45, 2.75) is 40.0 Å². The van der Waals surface area contributed by atoms with Crippen LogP contribution in [0.3, 0.4) is 0 Å². The molecule has 0 aromatic heterocycles. The van der Waals surface area contributed by atoms with Gasteiger partial charge >= 0.3 is 0 Å². The standard InChI is InChI=1S/C21H25NO5/c1-4-24-18-8-6-16(10-17(18)12-25-14(2)3)21(23)22-11-15-5-7-19-20(9-15)27-13-26-19/h5-10,14H,4,11-13H2,1-3H3,(H,22,23). The molecule has 1 aliphatic heterocycles. The fraction of sp³-hybridized carbons (Fsp3) is 0.381. The molecule has 144 valence electrons. The van der Waals surface area contributed by atoms with E-state index < -0.39 is 0 Å². The van der Waals surface area contributed by atoms with Gasteiger partial charge in [0.25, 0.3) is 5.91 Å². The van der Waals surface area contributed by atoms with Crippen LogP contribution in [0.25, 0.3) is 0 Å². The summed E-state index contributed by atoms with van der Waals surface area (Å²) < 4.78 is 22.0. The van der Waals surface area contributed by atoms with Crippen molar-refractivity contribution < 1.29 is 23.7 Å². The SMILES string of the molecule is CCOc1ccc(C(=O)NCc2ccc3c(c2)OCO3)cc1COC(C)C. The smallest absolute Gasteiger partial charge is 0.251 e. The molecule has 0 aliphatic carbocycles. The van der Waals surface area contributed by atoms with Gasteiger partial charge < -0.3 is 24.3 Å². The summed E-state index contributed by atoms with van der Waals surface area (Å²) in [5.74, 6) is 2.02. The van der Waals surface area contributed by atoms with Gasteiger partial charge in [0.1, 0.15) is 5.75 Å². The van der Waals surface area contributed by atoms with Crippen LogP contribution in [0, 0.1) is 0 Å². The van der Waals surface area contributed by atoms with Crippen LogP contribution in [0.4, 0.5) is 0 Å². The fourth-order valence-corrected chi connectivity index (χ4v) is 2.72. The van der Waals surface area contributed by atoms with Crippen LogP contribution in [-0.4, -0.2) is 25.4 Å². The van der Waals surface area contributed by atoms with Gasteiger partial charge in [0.05, 0.1) is 19.3 Å². The molecule has 1 aliphatic rings. The molecule has 0 unspecified atom stereocenters. The largest absolute Gasteiger partial charge is 0.494 e. The summed E-state index contributed by atoms with van der Waals surface area (Å²) in [6, 6.07) is 11.0. The zero-order valence-corrected chi connectivity index (χ0v) is 15.9. The first kappa shape index (κ1) is 19.0. The van der Waals surface area contributed by atoms with Crippen LogP contribution in [0.15, 0.2) is 36.4 Å². The molecule has 1 N–H and O–H groups in total. The second-order valence-corrected chi connectivity index (χ2v) is 6.49. The minimum Gasteiger partial charge on any atom is -0.494 e. The normalized spacial score (nSPS) is 12.3. The van der Waals surface area contributed by atoms with E-state index in [0.717, 1.165) is 22.6 Å². The van der Waals surface area contributed by atoms with Crippen LogP contribution in [0.1, 0.15) is 42.3 Å². The molecular formula is C21H25NO5. The Bertz CT molecular complexity index is 803. The highest BCUT2D eigenvalue weighted by molar-refractivity contribution is 5.94. The van der Waals surface area contributed by atoms with Gasteiger partial charge in [0, 0.05) is 17.7 Å². The average molecular weight is 371 g/mol. The molecule has 6 heteroatoms. The van der Waals surface area contributed by atoms with Crippen molar-refractivity contribution in [3.8, 4) is 17.2 Å². The maximum absolute atomic E-state index is 12.6. The van der Waals surface area contributed by atoms with Gasteiger partial charge in [-0.1, -0.05) is 6.07 Å². The molecule has 0 spiro atoms. The predicted molar refractivity (Wildman–Crippen MR) is 101 cm³/mol. The Morgan fingerprint density at radius 3 is 2.74 bits per heavy atom. The highest BCUT2D eigenvalue weighted by Crippen LogP contribution is 2.32. The Morgan fingerprint density at radius 1 is 1.15 bits per heavy atom. The third-order valence-electron chi connectivity index (χ3n) is 4.08. The second kappa shape index (κ2) is 8.77. The maximum Gasteiger partial charge on any atom is 0.251 e. The van der Waals surface area contributed by atoms with Crippen LogP contribution >= 0.6 is 0 Å². The third kappa shape index (κ3) is 4.92. The molecule has 0 radical (unpaired) electrons. The molecule has 0 atom stereocenters. The molecule has 2 aromatic rings. The molecule has 1 heterocycles. The number of ether oxygens (including phenoxy) is 4. The average Bonchev–Trinajstić information content (AvgIpc) is 3.13. The number of amides is 1. The van der Waals surface area contributed by atoms with E-state index in [1.807, 2.05) is 51.1 Å². The first-order valence-electron chi connectivity index (χ1n) is 9.11. The molecule has 27 heavy (non-hydrogen) atoms. The fourth-order valence-electron chi connectivity index (χ4n) is 2.72. The van der Waals surface area contributed by atoms with E-state index >= 15 is 0 Å². The van der Waals surface area contributed by atoms with E-state index in [1.165, 1.54) is 0 Å². The van der Waals surface area contributed by atoms with Crippen LogP contribution < -0.4 is 19.5 Å². The minimum absolute atomic E-state index is 0.1000. The molecule has 0 fully saturated rings. The predicted octanol–water partition coefficient (Wildman–Crippen LogP) is 3.67. The Hall–Kier alpha value is -2.73. The Kier molecular flexibility index (Phi) is 6.19. The zero-order valence-electron chi connectivity index (χ0n) is 15.9. The van der Waals surface area contributed by atoms with E-state index in [-0.39, 0.29) is 18.8 Å². The number of rotatable bonds is 8. The van der Waals surface area contributed by atoms with Crippen LogP contribution in [0.5, 0.6) is 17.2 Å². The van der Waals surface area contributed by atoms with E-state index in [2.05, 4.69) is 5.32 Å². The molecule has 6 nitrogen and oxygen atoms in total. The number of fused-ring (bicyclic) bond motifs is 1. The Morgan fingerprint density at radius 2 is 1.96 bits per heavy atom. The topological polar surface area (TPSA) is 66.0 Å². The number of carbonyl (C=O) groups is 1. The van der Waals surface area contributed by atoms with Gasteiger partial charge in [-0.3, -0.25) is 4.79 Å². The summed E-state index contributed by atoms with van der Waals surface area (Å²) >= 11 is 0. The maximum atomic E-state index is 12.6.